The molecule has 0 N–H and O–H groups in total. The summed E-state index contributed by atoms with van der Waals surface area (Å²) in [6.45, 7) is 7.33. The Hall–Kier alpha value is -1.83. The van der Waals surface area contributed by atoms with Crippen molar-refractivity contribution < 1.29 is 17.6 Å². The summed E-state index contributed by atoms with van der Waals surface area (Å²) in [4.78, 5) is 14.2. The number of carbonyl (C=O) groups is 1. The summed E-state index contributed by atoms with van der Waals surface area (Å²) in [7, 11) is -3.58. The molecule has 0 spiro atoms. The van der Waals surface area contributed by atoms with Crippen molar-refractivity contribution in [3.63, 3.8) is 0 Å². The van der Waals surface area contributed by atoms with Crippen LogP contribution in [0.4, 0.5) is 0 Å². The molecule has 3 rings (SSSR count). The number of hydrogen-bond acceptors (Lipinski definition) is 4. The summed E-state index contributed by atoms with van der Waals surface area (Å²) >= 11 is 5.71. The van der Waals surface area contributed by atoms with Gasteiger partial charge in [0.15, 0.2) is 11.0 Å². The Kier molecular flexibility index (Phi) is 5.38. The van der Waals surface area contributed by atoms with Gasteiger partial charge < -0.3 is 9.32 Å². The minimum atomic E-state index is -3.58. The highest BCUT2D eigenvalue weighted by atomic mass is 35.5. The van der Waals surface area contributed by atoms with E-state index in [1.165, 1.54) is 16.4 Å². The molecule has 1 saturated heterocycles. The molecule has 1 aromatic carbocycles. The van der Waals surface area contributed by atoms with Crippen LogP contribution in [0, 0.1) is 0 Å². The Balaban J connectivity index is 1.68. The number of amides is 1. The summed E-state index contributed by atoms with van der Waals surface area (Å²) in [5.74, 6) is -0.123. The third-order valence-corrected chi connectivity index (χ3v) is 6.78. The fourth-order valence-corrected chi connectivity index (χ4v) is 4.56. The zero-order valence-electron chi connectivity index (χ0n) is 15.6. The maximum absolute atomic E-state index is 12.9. The van der Waals surface area contributed by atoms with E-state index in [2.05, 4.69) is 20.8 Å². The smallest absolute Gasteiger partial charge is 0.289 e. The van der Waals surface area contributed by atoms with Crippen molar-refractivity contribution in [1.82, 2.24) is 9.21 Å². The number of carbonyl (C=O) groups excluding carboxylic acids is 1. The molecule has 0 saturated carbocycles. The number of rotatable bonds is 3. The minimum absolute atomic E-state index is 0.0387. The van der Waals surface area contributed by atoms with Crippen molar-refractivity contribution in [1.29, 1.82) is 0 Å². The van der Waals surface area contributed by atoms with Crippen LogP contribution in [0.5, 0.6) is 0 Å². The van der Waals surface area contributed by atoms with E-state index in [4.69, 9.17) is 16.0 Å². The maximum Gasteiger partial charge on any atom is 0.289 e. The third-order valence-electron chi connectivity index (χ3n) is 4.67. The highest BCUT2D eigenvalue weighted by Gasteiger charge is 2.31. The summed E-state index contributed by atoms with van der Waals surface area (Å²) in [6, 6.07) is 10.0. The molecule has 1 aromatic heterocycles. The Morgan fingerprint density at radius 2 is 1.59 bits per heavy atom. The van der Waals surface area contributed by atoms with Gasteiger partial charge in [-0.3, -0.25) is 4.79 Å². The second-order valence-electron chi connectivity index (χ2n) is 7.57. The predicted octanol–water partition coefficient (Wildman–Crippen LogP) is 3.38. The fourth-order valence-electron chi connectivity index (χ4n) is 2.99. The highest BCUT2D eigenvalue weighted by molar-refractivity contribution is 7.89. The van der Waals surface area contributed by atoms with E-state index < -0.39 is 10.0 Å². The maximum atomic E-state index is 12.9. The van der Waals surface area contributed by atoms with Gasteiger partial charge in [0.2, 0.25) is 10.0 Å². The second-order valence-corrected chi connectivity index (χ2v) is 9.88. The van der Waals surface area contributed by atoms with Crippen LogP contribution in [0.15, 0.2) is 45.7 Å². The van der Waals surface area contributed by atoms with E-state index >= 15 is 0 Å². The molecule has 0 atom stereocenters. The van der Waals surface area contributed by atoms with Gasteiger partial charge in [-0.25, -0.2) is 8.42 Å². The van der Waals surface area contributed by atoms with Crippen LogP contribution in [0.25, 0.3) is 0 Å². The van der Waals surface area contributed by atoms with Gasteiger partial charge >= 0.3 is 0 Å². The van der Waals surface area contributed by atoms with Crippen LogP contribution in [0.2, 0.25) is 5.22 Å². The van der Waals surface area contributed by atoms with Gasteiger partial charge in [0.25, 0.3) is 5.91 Å². The Morgan fingerprint density at radius 1 is 1.00 bits per heavy atom. The number of sulfonamides is 1. The van der Waals surface area contributed by atoms with Crippen molar-refractivity contribution in [3.8, 4) is 0 Å². The van der Waals surface area contributed by atoms with Crippen LogP contribution < -0.4 is 0 Å². The molecular weight excluding hydrogens is 388 g/mol. The van der Waals surface area contributed by atoms with E-state index in [1.54, 1.807) is 17.0 Å². The van der Waals surface area contributed by atoms with Crippen molar-refractivity contribution in [2.24, 2.45) is 0 Å². The molecule has 8 heteroatoms. The fraction of sp³-hybridized carbons (Fsp3) is 0.421. The molecule has 1 aliphatic rings. The average Bonchev–Trinajstić information content (AvgIpc) is 3.07. The van der Waals surface area contributed by atoms with Crippen LogP contribution >= 0.6 is 11.6 Å². The van der Waals surface area contributed by atoms with Gasteiger partial charge in [-0.1, -0.05) is 32.9 Å². The lowest BCUT2D eigenvalue weighted by Gasteiger charge is -2.33. The summed E-state index contributed by atoms with van der Waals surface area (Å²) in [5, 5.41) is 0.151. The first kappa shape index (κ1) is 19.9. The molecule has 0 unspecified atom stereocenters. The Bertz CT molecular complexity index is 921. The van der Waals surface area contributed by atoms with Gasteiger partial charge in [-0.2, -0.15) is 4.31 Å². The molecule has 0 aliphatic carbocycles. The number of furan rings is 1. The topological polar surface area (TPSA) is 70.8 Å². The SMILES string of the molecule is CC(C)(C)c1ccc(S(=O)(=O)N2CCN(C(=O)c3ccc(Cl)o3)CC2)cc1. The molecule has 0 radical (unpaired) electrons. The van der Waals surface area contributed by atoms with E-state index in [-0.39, 0.29) is 40.3 Å². The number of piperazine rings is 1. The van der Waals surface area contributed by atoms with Crippen molar-refractivity contribution in [2.75, 3.05) is 26.2 Å². The first-order valence-corrected chi connectivity index (χ1v) is 10.6. The van der Waals surface area contributed by atoms with E-state index in [0.717, 1.165) is 5.56 Å². The average molecular weight is 411 g/mol. The predicted molar refractivity (Wildman–Crippen MR) is 104 cm³/mol. The van der Waals surface area contributed by atoms with E-state index in [9.17, 15) is 13.2 Å². The largest absolute Gasteiger partial charge is 0.440 e. The molecule has 0 bridgehead atoms. The molecule has 146 valence electrons. The molecule has 2 aromatic rings. The number of benzene rings is 1. The van der Waals surface area contributed by atoms with Gasteiger partial charge in [0.1, 0.15) is 0 Å². The zero-order valence-corrected chi connectivity index (χ0v) is 17.2. The van der Waals surface area contributed by atoms with E-state index in [1.807, 2.05) is 12.1 Å². The second kappa shape index (κ2) is 7.30. The standard InChI is InChI=1S/C19H23ClN2O4S/c1-19(2,3)14-4-6-15(7-5-14)27(24,25)22-12-10-21(11-13-22)18(23)16-8-9-17(20)26-16/h4-9H,10-13H2,1-3H3. The van der Waals surface area contributed by atoms with Gasteiger partial charge in [0, 0.05) is 26.2 Å². The molecule has 1 fully saturated rings. The molecular formula is C19H23ClN2O4S. The lowest BCUT2D eigenvalue weighted by molar-refractivity contribution is 0.0666. The number of hydrogen-bond donors (Lipinski definition) is 0. The zero-order chi connectivity index (χ0) is 19.8. The lowest BCUT2D eigenvalue weighted by Crippen LogP contribution is -2.50. The van der Waals surface area contributed by atoms with Crippen LogP contribution in [-0.4, -0.2) is 49.7 Å². The summed E-state index contributed by atoms with van der Waals surface area (Å²) in [6.07, 6.45) is 0. The monoisotopic (exact) mass is 410 g/mol. The van der Waals surface area contributed by atoms with Crippen molar-refractivity contribution in [2.45, 2.75) is 31.1 Å². The molecule has 1 amide bonds. The quantitative estimate of drug-likeness (QED) is 0.777. The molecule has 6 nitrogen and oxygen atoms in total. The van der Waals surface area contributed by atoms with Gasteiger partial charge in [-0.05, 0) is 46.8 Å². The van der Waals surface area contributed by atoms with Crippen LogP contribution in [-0.2, 0) is 15.4 Å². The number of nitrogens with zero attached hydrogens (tertiary/aromatic N) is 2. The molecule has 27 heavy (non-hydrogen) atoms. The molecule has 2 heterocycles. The van der Waals surface area contributed by atoms with Gasteiger partial charge in [-0.15, -0.1) is 0 Å². The van der Waals surface area contributed by atoms with Gasteiger partial charge in [0.05, 0.1) is 4.90 Å². The third kappa shape index (κ3) is 4.20. The summed E-state index contributed by atoms with van der Waals surface area (Å²) in [5.41, 5.74) is 1.04. The first-order chi connectivity index (χ1) is 12.6. The normalized spacial score (nSPS) is 16.5. The van der Waals surface area contributed by atoms with Crippen molar-refractivity contribution >= 4 is 27.5 Å². The first-order valence-electron chi connectivity index (χ1n) is 8.74. The van der Waals surface area contributed by atoms with Crippen LogP contribution in [0.1, 0.15) is 36.9 Å². The highest BCUT2D eigenvalue weighted by Crippen LogP contribution is 2.25. The van der Waals surface area contributed by atoms with Crippen LogP contribution in [0.3, 0.4) is 0 Å². The number of halogens is 1. The van der Waals surface area contributed by atoms with Crippen molar-refractivity contribution in [3.05, 3.63) is 52.9 Å². The summed E-state index contributed by atoms with van der Waals surface area (Å²) < 4.78 is 32.3. The van der Waals surface area contributed by atoms with E-state index in [0.29, 0.717) is 13.1 Å². The lowest BCUT2D eigenvalue weighted by atomic mass is 9.87. The Labute approximate surface area is 164 Å². The molecule has 1 aliphatic heterocycles. The minimum Gasteiger partial charge on any atom is -0.440 e. The Morgan fingerprint density at radius 3 is 2.07 bits per heavy atom.